The molecule has 4 bridgehead atoms. The van der Waals surface area contributed by atoms with Crippen LogP contribution in [-0.4, -0.2) is 30.1 Å². The molecule has 4 aliphatic carbocycles. The summed E-state index contributed by atoms with van der Waals surface area (Å²) in [6, 6.07) is 0. The zero-order valence-electron chi connectivity index (χ0n) is 14.6. The van der Waals surface area contributed by atoms with Gasteiger partial charge in [0.1, 0.15) is 0 Å². The van der Waals surface area contributed by atoms with Crippen molar-refractivity contribution in [2.45, 2.75) is 51.5 Å². The van der Waals surface area contributed by atoms with Crippen molar-refractivity contribution in [2.75, 3.05) is 13.7 Å². The first kappa shape index (κ1) is 17.3. The number of aryl methyl sites for hydroxylation is 1. The number of carbonyl (C=O) groups excluding carboxylic acids is 1. The first-order chi connectivity index (χ1) is 11.8. The molecule has 0 aliphatic heterocycles. The van der Waals surface area contributed by atoms with Gasteiger partial charge in [-0.25, -0.2) is 8.78 Å². The number of hydrogen-bond acceptors (Lipinski definition) is 3. The van der Waals surface area contributed by atoms with Crippen LogP contribution in [-0.2, 0) is 16.1 Å². The highest BCUT2D eigenvalue weighted by Gasteiger charge is 2.65. The van der Waals surface area contributed by atoms with Crippen molar-refractivity contribution < 1.29 is 18.3 Å². The number of rotatable bonds is 4. The smallest absolute Gasteiger partial charge is 0.254 e. The molecule has 138 valence electrons. The molecule has 1 aromatic rings. The third-order valence-corrected chi connectivity index (χ3v) is 7.24. The zero-order chi connectivity index (χ0) is 17.8. The van der Waals surface area contributed by atoms with Crippen molar-refractivity contribution in [1.29, 1.82) is 0 Å². The zero-order valence-corrected chi connectivity index (χ0v) is 15.5. The minimum atomic E-state index is -2.60. The van der Waals surface area contributed by atoms with E-state index in [2.05, 4.69) is 4.99 Å². The minimum absolute atomic E-state index is 0.185. The van der Waals surface area contributed by atoms with E-state index in [4.69, 9.17) is 4.74 Å². The number of thiazole rings is 1. The van der Waals surface area contributed by atoms with Gasteiger partial charge < -0.3 is 9.30 Å². The van der Waals surface area contributed by atoms with Crippen LogP contribution in [0, 0.1) is 30.1 Å². The van der Waals surface area contributed by atoms with Crippen LogP contribution in [0.4, 0.5) is 8.78 Å². The Morgan fingerprint density at radius 2 is 2.04 bits per heavy atom. The van der Waals surface area contributed by atoms with Gasteiger partial charge in [-0.15, -0.1) is 11.3 Å². The van der Waals surface area contributed by atoms with Crippen LogP contribution in [0.3, 0.4) is 0 Å². The maximum absolute atomic E-state index is 14.4. The summed E-state index contributed by atoms with van der Waals surface area (Å²) in [6.45, 7) is 3.15. The molecule has 0 radical (unpaired) electrons. The molecule has 4 nitrogen and oxygen atoms in total. The van der Waals surface area contributed by atoms with E-state index in [0.29, 0.717) is 43.6 Å². The molecule has 1 heterocycles. The first-order valence-electron chi connectivity index (χ1n) is 8.97. The molecule has 0 spiro atoms. The molecule has 0 aromatic carbocycles. The number of nitrogens with zero attached hydrogens (tertiary/aromatic N) is 2. The van der Waals surface area contributed by atoms with Gasteiger partial charge in [0.2, 0.25) is 0 Å². The van der Waals surface area contributed by atoms with Gasteiger partial charge in [0, 0.05) is 36.6 Å². The third kappa shape index (κ3) is 2.79. The van der Waals surface area contributed by atoms with Gasteiger partial charge in [-0.2, -0.15) is 4.99 Å². The van der Waals surface area contributed by atoms with Crippen LogP contribution in [0.2, 0.25) is 0 Å². The molecule has 5 rings (SSSR count). The molecular formula is C18H24F2N2O2S. The van der Waals surface area contributed by atoms with Crippen LogP contribution in [0.5, 0.6) is 0 Å². The van der Waals surface area contributed by atoms with Crippen molar-refractivity contribution in [2.24, 2.45) is 28.2 Å². The van der Waals surface area contributed by atoms with Gasteiger partial charge in [0.05, 0.1) is 12.0 Å². The molecule has 4 aliphatic rings. The second-order valence-electron chi connectivity index (χ2n) is 8.03. The van der Waals surface area contributed by atoms with Crippen molar-refractivity contribution in [3.63, 3.8) is 0 Å². The van der Waals surface area contributed by atoms with E-state index in [-0.39, 0.29) is 11.8 Å². The highest BCUT2D eigenvalue weighted by molar-refractivity contribution is 7.09. The van der Waals surface area contributed by atoms with E-state index in [0.717, 1.165) is 11.3 Å². The lowest BCUT2D eigenvalue weighted by Crippen LogP contribution is -2.59. The van der Waals surface area contributed by atoms with Gasteiger partial charge in [-0.1, -0.05) is 0 Å². The summed E-state index contributed by atoms with van der Waals surface area (Å²) in [5, 5.41) is 0. The van der Waals surface area contributed by atoms with Crippen molar-refractivity contribution in [3.05, 3.63) is 15.9 Å². The van der Waals surface area contributed by atoms with E-state index >= 15 is 0 Å². The summed E-state index contributed by atoms with van der Waals surface area (Å²) in [4.78, 5) is 19.2. The number of aromatic nitrogens is 1. The molecular weight excluding hydrogens is 346 g/mol. The molecule has 4 fully saturated rings. The van der Waals surface area contributed by atoms with Gasteiger partial charge in [0.15, 0.2) is 4.80 Å². The van der Waals surface area contributed by atoms with Gasteiger partial charge >= 0.3 is 0 Å². The topological polar surface area (TPSA) is 43.6 Å². The summed E-state index contributed by atoms with van der Waals surface area (Å²) < 4.78 is 35.9. The number of methoxy groups -OCH3 is 1. The Morgan fingerprint density at radius 1 is 1.36 bits per heavy atom. The fourth-order valence-electron chi connectivity index (χ4n) is 5.31. The monoisotopic (exact) mass is 370 g/mol. The van der Waals surface area contributed by atoms with E-state index in [9.17, 15) is 13.6 Å². The molecule has 2 atom stereocenters. The Balaban J connectivity index is 1.64. The Hall–Kier alpha value is -1.08. The maximum atomic E-state index is 14.4. The van der Waals surface area contributed by atoms with Gasteiger partial charge in [-0.3, -0.25) is 4.79 Å². The normalized spacial score (nSPS) is 36.2. The Bertz CT molecular complexity index is 737. The average molecular weight is 370 g/mol. The lowest BCUT2D eigenvalue weighted by atomic mass is 9.48. The fraction of sp³-hybridized carbons (Fsp3) is 0.778. The van der Waals surface area contributed by atoms with E-state index < -0.39 is 23.2 Å². The van der Waals surface area contributed by atoms with Gasteiger partial charge in [-0.05, 0) is 44.9 Å². The van der Waals surface area contributed by atoms with Crippen LogP contribution in [0.1, 0.15) is 37.0 Å². The molecule has 1 amide bonds. The number of amides is 1. The van der Waals surface area contributed by atoms with Crippen molar-refractivity contribution in [3.8, 4) is 0 Å². The lowest BCUT2D eigenvalue weighted by molar-refractivity contribution is -0.223. The van der Waals surface area contributed by atoms with Crippen LogP contribution in [0.15, 0.2) is 11.2 Å². The number of alkyl halides is 2. The van der Waals surface area contributed by atoms with Crippen LogP contribution < -0.4 is 4.80 Å². The Labute approximate surface area is 149 Å². The summed E-state index contributed by atoms with van der Waals surface area (Å²) >= 11 is 1.47. The third-order valence-electron chi connectivity index (χ3n) is 6.30. The lowest BCUT2D eigenvalue weighted by Gasteiger charge is -2.58. The molecule has 0 N–H and O–H groups in total. The minimum Gasteiger partial charge on any atom is -0.383 e. The van der Waals surface area contributed by atoms with Gasteiger partial charge in [0.25, 0.3) is 11.8 Å². The highest BCUT2D eigenvalue weighted by Crippen LogP contribution is 2.65. The summed E-state index contributed by atoms with van der Waals surface area (Å²) in [5.74, 6) is -3.79. The second kappa shape index (κ2) is 5.98. The second-order valence-corrected chi connectivity index (χ2v) is 9.24. The fourth-order valence-corrected chi connectivity index (χ4v) is 6.17. The number of hydrogen-bond donors (Lipinski definition) is 0. The SMILES string of the molecule is COCCn1cc(C)sc1=NC(=O)C12CC3CC(C1)C(F)(F)C(C3)C2. The number of carbonyl (C=O) groups is 1. The number of halogens is 2. The largest absolute Gasteiger partial charge is 0.383 e. The van der Waals surface area contributed by atoms with E-state index in [1.54, 1.807) is 7.11 Å². The summed E-state index contributed by atoms with van der Waals surface area (Å²) in [7, 11) is 1.64. The van der Waals surface area contributed by atoms with Crippen molar-refractivity contribution >= 4 is 17.2 Å². The molecule has 2 unspecified atom stereocenters. The molecule has 1 aromatic heterocycles. The number of ether oxygens (including phenoxy) is 1. The summed E-state index contributed by atoms with van der Waals surface area (Å²) in [6.07, 6.45) is 4.45. The quantitative estimate of drug-likeness (QED) is 0.815. The van der Waals surface area contributed by atoms with Crippen molar-refractivity contribution in [1.82, 2.24) is 4.57 Å². The molecule has 0 saturated heterocycles. The van der Waals surface area contributed by atoms with Crippen LogP contribution >= 0.6 is 11.3 Å². The standard InChI is InChI=1S/C18H24F2N2O2S/c1-11-10-22(3-4-24-2)16(25-11)21-15(23)17-7-12-5-13(8-17)18(19,20)14(6-12)9-17/h10,12-14H,3-9H2,1-2H3. The first-order valence-corrected chi connectivity index (χ1v) is 9.78. The molecule has 25 heavy (non-hydrogen) atoms. The Morgan fingerprint density at radius 3 is 2.68 bits per heavy atom. The molecule has 4 saturated carbocycles. The predicted octanol–water partition coefficient (Wildman–Crippen LogP) is 3.39. The predicted molar refractivity (Wildman–Crippen MR) is 90.4 cm³/mol. The van der Waals surface area contributed by atoms with E-state index in [1.807, 2.05) is 17.7 Å². The molecule has 7 heteroatoms. The highest BCUT2D eigenvalue weighted by atomic mass is 32.1. The average Bonchev–Trinajstić information content (AvgIpc) is 2.89. The Kier molecular flexibility index (Phi) is 4.15. The van der Waals surface area contributed by atoms with Crippen LogP contribution in [0.25, 0.3) is 0 Å². The van der Waals surface area contributed by atoms with E-state index in [1.165, 1.54) is 11.3 Å². The summed E-state index contributed by atoms with van der Waals surface area (Å²) in [5.41, 5.74) is -0.658. The maximum Gasteiger partial charge on any atom is 0.254 e.